The maximum Gasteiger partial charge on any atom is 0.203 e. The van der Waals surface area contributed by atoms with Gasteiger partial charge >= 0.3 is 0 Å². The predicted octanol–water partition coefficient (Wildman–Crippen LogP) is 4.09. The van der Waals surface area contributed by atoms with Crippen LogP contribution in [0.15, 0.2) is 48.1 Å². The third kappa shape index (κ3) is 2.06. The van der Waals surface area contributed by atoms with Gasteiger partial charge in [-0.25, -0.2) is 0 Å². The zero-order chi connectivity index (χ0) is 13.2. The molecule has 19 heavy (non-hydrogen) atoms. The van der Waals surface area contributed by atoms with E-state index in [0.29, 0.717) is 0 Å². The van der Waals surface area contributed by atoms with Crippen LogP contribution in [0.4, 0.5) is 0 Å². The maximum absolute atomic E-state index is 12.7. The van der Waals surface area contributed by atoms with E-state index in [1.54, 1.807) is 12.4 Å². The van der Waals surface area contributed by atoms with E-state index < -0.39 is 0 Å². The number of ketones is 1. The molecule has 0 bridgehead atoms. The molecule has 3 aromatic rings. The third-order valence-corrected chi connectivity index (χ3v) is 4.21. The number of carbonyl (C=O) groups is 1. The van der Waals surface area contributed by atoms with Crippen molar-refractivity contribution >= 4 is 27.9 Å². The minimum atomic E-state index is 0.114. The van der Waals surface area contributed by atoms with Gasteiger partial charge in [0, 0.05) is 23.3 Å². The average Bonchev–Trinajstić information content (AvgIpc) is 2.94. The van der Waals surface area contributed by atoms with Gasteiger partial charge < -0.3 is 0 Å². The highest BCUT2D eigenvalue weighted by Gasteiger charge is 2.16. The number of hydrogen-bond acceptors (Lipinski definition) is 3. The van der Waals surface area contributed by atoms with Gasteiger partial charge in [-0.05, 0) is 34.9 Å². The molecule has 2 heterocycles. The molecule has 3 heteroatoms. The molecule has 1 aromatic carbocycles. The molecule has 3 rings (SSSR count). The van der Waals surface area contributed by atoms with E-state index in [1.165, 1.54) is 11.3 Å². The molecule has 0 radical (unpaired) electrons. The summed E-state index contributed by atoms with van der Waals surface area (Å²) in [5, 5.41) is 3.96. The van der Waals surface area contributed by atoms with Crippen LogP contribution in [0.5, 0.6) is 0 Å². The van der Waals surface area contributed by atoms with Crippen molar-refractivity contribution in [2.24, 2.45) is 0 Å². The van der Waals surface area contributed by atoms with Crippen LogP contribution in [0, 0.1) is 0 Å². The summed E-state index contributed by atoms with van der Waals surface area (Å²) in [6, 6.07) is 9.72. The molecule has 94 valence electrons. The summed E-state index contributed by atoms with van der Waals surface area (Å²) >= 11 is 1.52. The fourth-order valence-corrected chi connectivity index (χ4v) is 3.21. The second-order valence-electron chi connectivity index (χ2n) is 4.36. The summed E-state index contributed by atoms with van der Waals surface area (Å²) in [4.78, 5) is 17.6. The molecule has 0 spiro atoms. The van der Waals surface area contributed by atoms with Crippen LogP contribution in [0.2, 0.25) is 0 Å². The van der Waals surface area contributed by atoms with Crippen LogP contribution in [0.3, 0.4) is 0 Å². The predicted molar refractivity (Wildman–Crippen MR) is 78.9 cm³/mol. The molecule has 2 nitrogen and oxygen atoms in total. The molecule has 0 amide bonds. The van der Waals surface area contributed by atoms with Gasteiger partial charge in [0.05, 0.1) is 4.88 Å². The fourth-order valence-electron chi connectivity index (χ4n) is 2.26. The van der Waals surface area contributed by atoms with E-state index in [9.17, 15) is 4.79 Å². The lowest BCUT2D eigenvalue weighted by atomic mass is 10.0. The second-order valence-corrected chi connectivity index (χ2v) is 5.28. The normalized spacial score (nSPS) is 10.8. The van der Waals surface area contributed by atoms with Gasteiger partial charge in [-0.15, -0.1) is 11.3 Å². The lowest BCUT2D eigenvalue weighted by molar-refractivity contribution is 0.104. The van der Waals surface area contributed by atoms with Crippen molar-refractivity contribution in [1.82, 2.24) is 4.98 Å². The Kier molecular flexibility index (Phi) is 3.13. The van der Waals surface area contributed by atoms with Crippen LogP contribution >= 0.6 is 11.3 Å². The molecule has 0 aliphatic rings. The van der Waals surface area contributed by atoms with Crippen molar-refractivity contribution in [1.29, 1.82) is 0 Å². The van der Waals surface area contributed by atoms with Crippen molar-refractivity contribution in [3.8, 4) is 0 Å². The Bertz CT molecular complexity index is 740. The number of hydrogen-bond donors (Lipinski definition) is 0. The lowest BCUT2D eigenvalue weighted by Crippen LogP contribution is -2.02. The van der Waals surface area contributed by atoms with Gasteiger partial charge in [0.25, 0.3) is 0 Å². The number of aromatic nitrogens is 1. The zero-order valence-electron chi connectivity index (χ0n) is 10.6. The van der Waals surface area contributed by atoms with Gasteiger partial charge in [0.1, 0.15) is 0 Å². The minimum Gasteiger partial charge on any atom is -0.288 e. The first-order chi connectivity index (χ1) is 9.31. The third-order valence-electron chi connectivity index (χ3n) is 3.26. The number of thiophene rings is 1. The topological polar surface area (TPSA) is 30.0 Å². The number of benzene rings is 1. The number of nitrogens with zero attached hydrogens (tertiary/aromatic N) is 1. The molecule has 0 unspecified atom stereocenters. The SMILES string of the molecule is CCc1ccsc1C(=O)c1cccc2cnccc12. The Morgan fingerprint density at radius 1 is 1.26 bits per heavy atom. The van der Waals surface area contributed by atoms with Gasteiger partial charge in [-0.1, -0.05) is 25.1 Å². The number of pyridine rings is 1. The summed E-state index contributed by atoms with van der Waals surface area (Å²) < 4.78 is 0. The highest BCUT2D eigenvalue weighted by Crippen LogP contribution is 2.25. The molecule has 0 fully saturated rings. The van der Waals surface area contributed by atoms with Gasteiger partial charge in [0.15, 0.2) is 0 Å². The van der Waals surface area contributed by atoms with E-state index in [1.807, 2.05) is 35.7 Å². The summed E-state index contributed by atoms with van der Waals surface area (Å²) in [6.07, 6.45) is 4.41. The van der Waals surface area contributed by atoms with Crippen molar-refractivity contribution in [3.05, 3.63) is 64.1 Å². The van der Waals surface area contributed by atoms with Crippen LogP contribution in [-0.2, 0) is 6.42 Å². The van der Waals surface area contributed by atoms with Crippen LogP contribution < -0.4 is 0 Å². The Hall–Kier alpha value is -2.00. The van der Waals surface area contributed by atoms with Gasteiger partial charge in [-0.2, -0.15) is 0 Å². The number of carbonyl (C=O) groups excluding carboxylic acids is 1. The molecule has 0 N–H and O–H groups in total. The summed E-state index contributed by atoms with van der Waals surface area (Å²) in [6.45, 7) is 2.08. The van der Waals surface area contributed by atoms with Crippen LogP contribution in [-0.4, -0.2) is 10.8 Å². The highest BCUT2D eigenvalue weighted by molar-refractivity contribution is 7.12. The first-order valence-corrected chi connectivity index (χ1v) is 7.13. The standard InChI is InChI=1S/C16H13NOS/c1-2-11-7-9-19-16(11)15(18)14-5-3-4-12-10-17-8-6-13(12)14/h3-10H,2H2,1H3. The molecular weight excluding hydrogens is 254 g/mol. The Labute approximate surface area is 115 Å². The van der Waals surface area contributed by atoms with Crippen molar-refractivity contribution in [2.75, 3.05) is 0 Å². The number of aryl methyl sites for hydroxylation is 1. The van der Waals surface area contributed by atoms with Gasteiger partial charge in [-0.3, -0.25) is 9.78 Å². The van der Waals surface area contributed by atoms with E-state index in [0.717, 1.165) is 33.2 Å². The second kappa shape index (κ2) is 4.94. The number of fused-ring (bicyclic) bond motifs is 1. The smallest absolute Gasteiger partial charge is 0.203 e. The van der Waals surface area contributed by atoms with Crippen LogP contribution in [0.25, 0.3) is 10.8 Å². The minimum absolute atomic E-state index is 0.114. The van der Waals surface area contributed by atoms with Crippen molar-refractivity contribution in [2.45, 2.75) is 13.3 Å². The molecule has 2 aromatic heterocycles. The largest absolute Gasteiger partial charge is 0.288 e. The van der Waals surface area contributed by atoms with E-state index in [2.05, 4.69) is 11.9 Å². The first-order valence-electron chi connectivity index (χ1n) is 6.25. The van der Waals surface area contributed by atoms with Crippen LogP contribution in [0.1, 0.15) is 27.7 Å². The quantitative estimate of drug-likeness (QED) is 0.669. The molecule has 0 aliphatic carbocycles. The van der Waals surface area contributed by atoms with E-state index in [4.69, 9.17) is 0 Å². The lowest BCUT2D eigenvalue weighted by Gasteiger charge is -2.05. The number of rotatable bonds is 3. The Morgan fingerprint density at radius 2 is 2.16 bits per heavy atom. The summed E-state index contributed by atoms with van der Waals surface area (Å²) in [5.41, 5.74) is 1.89. The van der Waals surface area contributed by atoms with E-state index in [-0.39, 0.29) is 5.78 Å². The Balaban J connectivity index is 2.17. The molecule has 0 saturated heterocycles. The molecular formula is C16H13NOS. The molecule has 0 saturated carbocycles. The summed E-state index contributed by atoms with van der Waals surface area (Å²) in [5.74, 6) is 0.114. The molecule has 0 atom stereocenters. The summed E-state index contributed by atoms with van der Waals surface area (Å²) in [7, 11) is 0. The highest BCUT2D eigenvalue weighted by atomic mass is 32.1. The van der Waals surface area contributed by atoms with Crippen molar-refractivity contribution < 1.29 is 4.79 Å². The Morgan fingerprint density at radius 3 is 3.00 bits per heavy atom. The fraction of sp³-hybridized carbons (Fsp3) is 0.125. The van der Waals surface area contributed by atoms with Crippen molar-refractivity contribution in [3.63, 3.8) is 0 Å². The van der Waals surface area contributed by atoms with E-state index >= 15 is 0 Å². The zero-order valence-corrected chi connectivity index (χ0v) is 11.4. The first kappa shape index (κ1) is 12.1. The average molecular weight is 267 g/mol. The van der Waals surface area contributed by atoms with Gasteiger partial charge in [0.2, 0.25) is 5.78 Å². The molecule has 0 aliphatic heterocycles. The maximum atomic E-state index is 12.7. The monoisotopic (exact) mass is 267 g/mol.